The Morgan fingerprint density at radius 3 is 2.55 bits per heavy atom. The molecular weight excluding hydrogens is 256 g/mol. The molecule has 0 fully saturated rings. The fraction of sp³-hybridized carbons (Fsp3) is 0.333. The van der Waals surface area contributed by atoms with Crippen molar-refractivity contribution in [2.75, 3.05) is 13.1 Å². The maximum atomic E-state index is 12.2. The van der Waals surface area contributed by atoms with Crippen molar-refractivity contribution >= 4 is 22.7 Å². The highest BCUT2D eigenvalue weighted by molar-refractivity contribution is 5.99. The third kappa shape index (κ3) is 3.24. The molecule has 2 N–H and O–H groups in total. The van der Waals surface area contributed by atoms with Gasteiger partial charge in [0.2, 0.25) is 11.7 Å². The van der Waals surface area contributed by atoms with Crippen LogP contribution in [0.4, 0.5) is 0 Å². The van der Waals surface area contributed by atoms with Gasteiger partial charge in [-0.3, -0.25) is 14.5 Å². The SMILES string of the molecule is CC(C)N(CC(N)=O)CC(=O)c1cc2ccccc2o1. The quantitative estimate of drug-likeness (QED) is 0.815. The summed E-state index contributed by atoms with van der Waals surface area (Å²) < 4.78 is 5.52. The van der Waals surface area contributed by atoms with E-state index < -0.39 is 5.91 Å². The van der Waals surface area contributed by atoms with E-state index in [0.717, 1.165) is 5.39 Å². The number of amides is 1. The molecule has 0 radical (unpaired) electrons. The second kappa shape index (κ2) is 5.88. The van der Waals surface area contributed by atoms with Crippen molar-refractivity contribution in [2.24, 2.45) is 5.73 Å². The Bertz CT molecular complexity index is 598. The van der Waals surface area contributed by atoms with Crippen molar-refractivity contribution in [1.82, 2.24) is 4.90 Å². The van der Waals surface area contributed by atoms with Crippen molar-refractivity contribution in [3.05, 3.63) is 36.1 Å². The van der Waals surface area contributed by atoms with Gasteiger partial charge in [0.1, 0.15) is 5.58 Å². The molecule has 20 heavy (non-hydrogen) atoms. The minimum atomic E-state index is -0.448. The van der Waals surface area contributed by atoms with Gasteiger partial charge in [0.15, 0.2) is 5.76 Å². The fourth-order valence-corrected chi connectivity index (χ4v) is 2.00. The van der Waals surface area contributed by atoms with Crippen molar-refractivity contribution < 1.29 is 14.0 Å². The average molecular weight is 274 g/mol. The molecule has 2 aromatic rings. The first-order chi connectivity index (χ1) is 9.47. The van der Waals surface area contributed by atoms with E-state index in [0.29, 0.717) is 11.3 Å². The molecule has 5 heteroatoms. The van der Waals surface area contributed by atoms with Crippen LogP contribution in [-0.2, 0) is 4.79 Å². The Kier molecular flexibility index (Phi) is 4.20. The van der Waals surface area contributed by atoms with Gasteiger partial charge in [-0.2, -0.15) is 0 Å². The average Bonchev–Trinajstić information content (AvgIpc) is 2.81. The monoisotopic (exact) mass is 274 g/mol. The van der Waals surface area contributed by atoms with E-state index in [1.165, 1.54) is 0 Å². The highest BCUT2D eigenvalue weighted by atomic mass is 16.3. The topological polar surface area (TPSA) is 76.5 Å². The number of ketones is 1. The highest BCUT2D eigenvalue weighted by Crippen LogP contribution is 2.19. The molecule has 106 valence electrons. The maximum Gasteiger partial charge on any atom is 0.231 e. The largest absolute Gasteiger partial charge is 0.453 e. The van der Waals surface area contributed by atoms with E-state index in [2.05, 4.69) is 0 Å². The summed E-state index contributed by atoms with van der Waals surface area (Å²) in [5, 5.41) is 0.891. The molecule has 0 aliphatic carbocycles. The van der Waals surface area contributed by atoms with Gasteiger partial charge in [-0.15, -0.1) is 0 Å². The molecule has 1 heterocycles. The maximum absolute atomic E-state index is 12.2. The molecule has 0 unspecified atom stereocenters. The number of carbonyl (C=O) groups is 2. The van der Waals surface area contributed by atoms with Crippen LogP contribution in [-0.4, -0.2) is 35.7 Å². The van der Waals surface area contributed by atoms with E-state index in [-0.39, 0.29) is 24.9 Å². The summed E-state index contributed by atoms with van der Waals surface area (Å²) in [5.74, 6) is -0.298. The van der Waals surface area contributed by atoms with Gasteiger partial charge < -0.3 is 10.2 Å². The third-order valence-corrected chi connectivity index (χ3v) is 3.14. The second-order valence-corrected chi connectivity index (χ2v) is 5.04. The number of fused-ring (bicyclic) bond motifs is 1. The summed E-state index contributed by atoms with van der Waals surface area (Å²) in [6.45, 7) is 3.99. The summed E-state index contributed by atoms with van der Waals surface area (Å²) in [7, 11) is 0. The van der Waals surface area contributed by atoms with Crippen molar-refractivity contribution in [2.45, 2.75) is 19.9 Å². The number of furan rings is 1. The van der Waals surface area contributed by atoms with Gasteiger partial charge in [-0.25, -0.2) is 0 Å². The number of hydrogen-bond donors (Lipinski definition) is 1. The summed E-state index contributed by atoms with van der Waals surface area (Å²) in [6.07, 6.45) is 0. The zero-order valence-electron chi connectivity index (χ0n) is 11.6. The molecular formula is C15H18N2O3. The molecule has 0 aliphatic rings. The lowest BCUT2D eigenvalue weighted by Gasteiger charge is -2.23. The molecule has 0 aliphatic heterocycles. The molecule has 0 saturated carbocycles. The lowest BCUT2D eigenvalue weighted by Crippen LogP contribution is -2.41. The van der Waals surface area contributed by atoms with Gasteiger partial charge in [0, 0.05) is 11.4 Å². The molecule has 0 bridgehead atoms. The van der Waals surface area contributed by atoms with Crippen molar-refractivity contribution in [1.29, 1.82) is 0 Å². The highest BCUT2D eigenvalue weighted by Gasteiger charge is 2.19. The lowest BCUT2D eigenvalue weighted by molar-refractivity contribution is -0.119. The summed E-state index contributed by atoms with van der Waals surface area (Å²) in [4.78, 5) is 25.0. The fourth-order valence-electron chi connectivity index (χ4n) is 2.00. The lowest BCUT2D eigenvalue weighted by atomic mass is 10.2. The van der Waals surface area contributed by atoms with Crippen LogP contribution >= 0.6 is 0 Å². The number of nitrogens with zero attached hydrogens (tertiary/aromatic N) is 1. The first-order valence-corrected chi connectivity index (χ1v) is 6.51. The molecule has 2 rings (SSSR count). The number of benzene rings is 1. The van der Waals surface area contributed by atoms with E-state index in [1.54, 1.807) is 11.0 Å². The number of carbonyl (C=O) groups excluding carboxylic acids is 2. The minimum absolute atomic E-state index is 0.0517. The second-order valence-electron chi connectivity index (χ2n) is 5.04. The van der Waals surface area contributed by atoms with Crippen LogP contribution in [0.2, 0.25) is 0 Å². The Labute approximate surface area is 117 Å². The van der Waals surface area contributed by atoms with Crippen LogP contribution in [0.1, 0.15) is 24.4 Å². The Morgan fingerprint density at radius 1 is 1.25 bits per heavy atom. The number of para-hydroxylation sites is 1. The normalized spacial score (nSPS) is 11.4. The van der Waals surface area contributed by atoms with Gasteiger partial charge in [-0.05, 0) is 26.0 Å². The summed E-state index contributed by atoms with van der Waals surface area (Å²) >= 11 is 0. The van der Waals surface area contributed by atoms with Crippen LogP contribution in [0.5, 0.6) is 0 Å². The van der Waals surface area contributed by atoms with E-state index >= 15 is 0 Å². The standard InChI is InChI=1S/C15H18N2O3/c1-10(2)17(9-15(16)19)8-12(18)14-7-11-5-3-4-6-13(11)20-14/h3-7,10H,8-9H2,1-2H3,(H2,16,19). The van der Waals surface area contributed by atoms with Crippen LogP contribution < -0.4 is 5.73 Å². The zero-order chi connectivity index (χ0) is 14.7. The first kappa shape index (κ1) is 14.3. The number of rotatable bonds is 6. The third-order valence-electron chi connectivity index (χ3n) is 3.14. The van der Waals surface area contributed by atoms with Crippen LogP contribution in [0.3, 0.4) is 0 Å². The Balaban J connectivity index is 2.15. The van der Waals surface area contributed by atoms with Gasteiger partial charge in [0.05, 0.1) is 13.1 Å². The molecule has 0 saturated heterocycles. The Hall–Kier alpha value is -2.14. The van der Waals surface area contributed by atoms with E-state index in [4.69, 9.17) is 10.2 Å². The summed E-state index contributed by atoms with van der Waals surface area (Å²) in [6, 6.07) is 9.22. The number of primary amides is 1. The molecule has 1 amide bonds. The summed E-state index contributed by atoms with van der Waals surface area (Å²) in [5.41, 5.74) is 5.87. The zero-order valence-corrected chi connectivity index (χ0v) is 11.6. The number of Topliss-reactive ketones (excluding diaryl/α,β-unsaturated/α-hetero) is 1. The number of nitrogens with two attached hydrogens (primary N) is 1. The van der Waals surface area contributed by atoms with Gasteiger partial charge in [0.25, 0.3) is 0 Å². The van der Waals surface area contributed by atoms with E-state index in [9.17, 15) is 9.59 Å². The van der Waals surface area contributed by atoms with Gasteiger partial charge in [-0.1, -0.05) is 18.2 Å². The van der Waals surface area contributed by atoms with Gasteiger partial charge >= 0.3 is 0 Å². The predicted octanol–water partition coefficient (Wildman–Crippen LogP) is 1.81. The number of hydrogen-bond acceptors (Lipinski definition) is 4. The molecule has 1 aromatic heterocycles. The Morgan fingerprint density at radius 2 is 1.95 bits per heavy atom. The van der Waals surface area contributed by atoms with Crippen LogP contribution in [0.15, 0.2) is 34.7 Å². The smallest absolute Gasteiger partial charge is 0.231 e. The molecule has 1 aromatic carbocycles. The molecule has 0 atom stereocenters. The first-order valence-electron chi connectivity index (χ1n) is 6.51. The van der Waals surface area contributed by atoms with Crippen LogP contribution in [0.25, 0.3) is 11.0 Å². The van der Waals surface area contributed by atoms with Crippen molar-refractivity contribution in [3.8, 4) is 0 Å². The molecule has 0 spiro atoms. The minimum Gasteiger partial charge on any atom is -0.453 e. The molecule has 5 nitrogen and oxygen atoms in total. The van der Waals surface area contributed by atoms with Crippen LogP contribution in [0, 0.1) is 0 Å². The predicted molar refractivity (Wildman–Crippen MR) is 76.4 cm³/mol. The van der Waals surface area contributed by atoms with E-state index in [1.807, 2.05) is 38.1 Å². The van der Waals surface area contributed by atoms with Crippen molar-refractivity contribution in [3.63, 3.8) is 0 Å².